The van der Waals surface area contributed by atoms with Gasteiger partial charge in [0.1, 0.15) is 0 Å². The van der Waals surface area contributed by atoms with E-state index >= 15 is 0 Å². The summed E-state index contributed by atoms with van der Waals surface area (Å²) in [6, 6.07) is 0. The van der Waals surface area contributed by atoms with Crippen LogP contribution in [0.25, 0.3) is 0 Å². The van der Waals surface area contributed by atoms with Gasteiger partial charge in [-0.3, -0.25) is 0 Å². The fourth-order valence-electron chi connectivity index (χ4n) is 3.74. The molecular weight excluding hydrogens is 392 g/mol. The van der Waals surface area contributed by atoms with Crippen LogP contribution in [0.1, 0.15) is 105 Å². The average molecular weight is 439 g/mol. The van der Waals surface area contributed by atoms with E-state index in [-0.39, 0.29) is 0 Å². The first-order valence-electron chi connectivity index (χ1n) is 12.2. The first kappa shape index (κ1) is 29.4. The van der Waals surface area contributed by atoms with Crippen molar-refractivity contribution in [2.45, 2.75) is 105 Å². The van der Waals surface area contributed by atoms with E-state index in [2.05, 4.69) is 77.8 Å². The molecule has 0 aliphatic heterocycles. The summed E-state index contributed by atoms with van der Waals surface area (Å²) in [6.45, 7) is 19.6. The zero-order valence-electron chi connectivity index (χ0n) is 21.0. The SMILES string of the molecule is C=C/C(=C(/CC)C/C=C(\C)CC(=C)CCCC(=S)CC#C/C=C\CCC)C(C)CCC. The molecule has 0 nitrogen and oxygen atoms in total. The predicted molar refractivity (Wildman–Crippen MR) is 147 cm³/mol. The molecular formula is C30H46S. The van der Waals surface area contributed by atoms with Crippen molar-refractivity contribution in [1.29, 1.82) is 0 Å². The molecule has 0 rings (SSSR count). The summed E-state index contributed by atoms with van der Waals surface area (Å²) in [5.41, 5.74) is 5.69. The van der Waals surface area contributed by atoms with E-state index in [1.165, 1.54) is 41.6 Å². The van der Waals surface area contributed by atoms with Crippen LogP contribution in [0, 0.1) is 17.8 Å². The van der Waals surface area contributed by atoms with Gasteiger partial charge in [0, 0.05) is 11.3 Å². The van der Waals surface area contributed by atoms with Crippen molar-refractivity contribution in [1.82, 2.24) is 0 Å². The Bertz CT molecular complexity index is 702. The highest BCUT2D eigenvalue weighted by Crippen LogP contribution is 2.26. The highest BCUT2D eigenvalue weighted by molar-refractivity contribution is 7.80. The molecule has 0 N–H and O–H groups in total. The van der Waals surface area contributed by atoms with E-state index in [1.54, 1.807) is 0 Å². The molecule has 0 spiro atoms. The van der Waals surface area contributed by atoms with Crippen LogP contribution in [0.4, 0.5) is 0 Å². The minimum Gasteiger partial charge on any atom is -0.0995 e. The van der Waals surface area contributed by atoms with E-state index < -0.39 is 0 Å². The van der Waals surface area contributed by atoms with Crippen LogP contribution in [0.5, 0.6) is 0 Å². The molecule has 172 valence electrons. The van der Waals surface area contributed by atoms with E-state index in [4.69, 9.17) is 12.2 Å². The molecule has 0 saturated carbocycles. The Morgan fingerprint density at radius 2 is 1.87 bits per heavy atom. The highest BCUT2D eigenvalue weighted by Gasteiger charge is 2.09. The van der Waals surface area contributed by atoms with Crippen molar-refractivity contribution < 1.29 is 0 Å². The normalized spacial score (nSPS) is 13.4. The second-order valence-electron chi connectivity index (χ2n) is 8.57. The van der Waals surface area contributed by atoms with E-state index in [1.807, 2.05) is 6.08 Å². The average Bonchev–Trinajstić information content (AvgIpc) is 2.73. The molecule has 0 aliphatic rings. The third-order valence-electron chi connectivity index (χ3n) is 5.56. The van der Waals surface area contributed by atoms with Gasteiger partial charge in [0.05, 0.1) is 0 Å². The summed E-state index contributed by atoms with van der Waals surface area (Å²) in [4.78, 5) is 1.06. The minimum absolute atomic E-state index is 0.599. The van der Waals surface area contributed by atoms with Crippen molar-refractivity contribution in [3.8, 4) is 11.8 Å². The summed E-state index contributed by atoms with van der Waals surface area (Å²) in [6.07, 6.45) is 20.2. The van der Waals surface area contributed by atoms with Crippen LogP contribution in [-0.4, -0.2) is 4.86 Å². The molecule has 0 aromatic carbocycles. The van der Waals surface area contributed by atoms with Gasteiger partial charge in [-0.1, -0.05) is 113 Å². The Balaban J connectivity index is 4.48. The molecule has 0 aromatic heterocycles. The molecule has 0 aromatic rings. The lowest BCUT2D eigenvalue weighted by Gasteiger charge is -2.17. The number of allylic oxidation sites excluding steroid dienone is 8. The quantitative estimate of drug-likeness (QED) is 0.0999. The number of unbranched alkanes of at least 4 members (excludes halogenated alkanes) is 1. The molecule has 0 fully saturated rings. The maximum atomic E-state index is 5.47. The fourth-order valence-corrected chi connectivity index (χ4v) is 3.96. The molecule has 1 atom stereocenters. The monoisotopic (exact) mass is 438 g/mol. The maximum Gasteiger partial charge on any atom is 0.0407 e. The van der Waals surface area contributed by atoms with Gasteiger partial charge in [-0.05, 0) is 75.9 Å². The lowest BCUT2D eigenvalue weighted by Crippen LogP contribution is -2.01. The van der Waals surface area contributed by atoms with Crippen LogP contribution >= 0.6 is 12.2 Å². The number of hydrogen-bond donors (Lipinski definition) is 0. The first-order valence-corrected chi connectivity index (χ1v) is 12.6. The Hall–Kier alpha value is -1.65. The second-order valence-corrected chi connectivity index (χ2v) is 9.15. The van der Waals surface area contributed by atoms with E-state index in [0.717, 1.165) is 56.2 Å². The van der Waals surface area contributed by atoms with Crippen LogP contribution < -0.4 is 0 Å². The molecule has 0 bridgehead atoms. The van der Waals surface area contributed by atoms with Crippen molar-refractivity contribution in [3.05, 3.63) is 59.8 Å². The predicted octanol–water partition coefficient (Wildman–Crippen LogP) is 9.89. The lowest BCUT2D eigenvalue weighted by atomic mass is 9.89. The van der Waals surface area contributed by atoms with Crippen molar-refractivity contribution in [2.75, 3.05) is 0 Å². The van der Waals surface area contributed by atoms with Crippen LogP contribution in [-0.2, 0) is 0 Å². The molecule has 0 amide bonds. The van der Waals surface area contributed by atoms with Crippen LogP contribution in [0.15, 0.2) is 59.8 Å². The van der Waals surface area contributed by atoms with Crippen LogP contribution in [0.2, 0.25) is 0 Å². The lowest BCUT2D eigenvalue weighted by molar-refractivity contribution is 0.604. The van der Waals surface area contributed by atoms with Gasteiger partial charge in [-0.15, -0.1) is 0 Å². The van der Waals surface area contributed by atoms with Gasteiger partial charge in [0.25, 0.3) is 0 Å². The van der Waals surface area contributed by atoms with Crippen LogP contribution in [0.3, 0.4) is 0 Å². The van der Waals surface area contributed by atoms with Gasteiger partial charge in [0.2, 0.25) is 0 Å². The molecule has 0 heterocycles. The van der Waals surface area contributed by atoms with E-state index in [0.29, 0.717) is 5.92 Å². The Morgan fingerprint density at radius 1 is 1.13 bits per heavy atom. The maximum absolute atomic E-state index is 5.47. The summed E-state index contributed by atoms with van der Waals surface area (Å²) in [5.74, 6) is 6.83. The smallest absolute Gasteiger partial charge is 0.0407 e. The topological polar surface area (TPSA) is 0 Å². The van der Waals surface area contributed by atoms with Gasteiger partial charge in [0.15, 0.2) is 0 Å². The summed E-state index contributed by atoms with van der Waals surface area (Å²) >= 11 is 5.47. The number of thiocarbonyl (C=S) groups is 1. The Morgan fingerprint density at radius 3 is 2.48 bits per heavy atom. The third-order valence-corrected chi connectivity index (χ3v) is 5.91. The Kier molecular flexibility index (Phi) is 18.1. The molecule has 31 heavy (non-hydrogen) atoms. The highest BCUT2D eigenvalue weighted by atomic mass is 32.1. The van der Waals surface area contributed by atoms with Gasteiger partial charge < -0.3 is 0 Å². The summed E-state index contributed by atoms with van der Waals surface area (Å²) in [5, 5.41) is 0. The summed E-state index contributed by atoms with van der Waals surface area (Å²) < 4.78 is 0. The van der Waals surface area contributed by atoms with Crippen molar-refractivity contribution >= 4 is 17.1 Å². The van der Waals surface area contributed by atoms with Gasteiger partial charge in [-0.2, -0.15) is 0 Å². The minimum atomic E-state index is 0.599. The standard InChI is InChI=1S/C30H46S/c1-8-12-13-14-15-16-20-29(31)21-17-19-25(5)24-26(6)22-23-28(10-3)30(11-4)27(7)18-9-2/h11,13-14,22,27H,4-5,8-10,12,17-21,23-24H2,1-3,6-7H3/b14-13-,26-22+,30-28+. The van der Waals surface area contributed by atoms with Gasteiger partial charge >= 0.3 is 0 Å². The van der Waals surface area contributed by atoms with Gasteiger partial charge in [-0.25, -0.2) is 0 Å². The molecule has 0 aliphatic carbocycles. The zero-order chi connectivity index (χ0) is 23.5. The summed E-state index contributed by atoms with van der Waals surface area (Å²) in [7, 11) is 0. The third kappa shape index (κ3) is 14.9. The number of rotatable bonds is 16. The molecule has 0 saturated heterocycles. The van der Waals surface area contributed by atoms with E-state index in [9.17, 15) is 0 Å². The first-order chi connectivity index (χ1) is 14.9. The Labute approximate surface area is 199 Å². The molecule has 1 unspecified atom stereocenters. The number of hydrogen-bond acceptors (Lipinski definition) is 1. The largest absolute Gasteiger partial charge is 0.0995 e. The van der Waals surface area contributed by atoms with Crippen molar-refractivity contribution in [3.63, 3.8) is 0 Å². The second kappa shape index (κ2) is 19.1. The fraction of sp³-hybridized carbons (Fsp3) is 0.567. The molecule has 1 heteroatoms. The van der Waals surface area contributed by atoms with Crippen molar-refractivity contribution in [2.24, 2.45) is 5.92 Å². The zero-order valence-corrected chi connectivity index (χ0v) is 21.8. The molecule has 0 radical (unpaired) electrons.